The second-order valence-electron chi connectivity index (χ2n) is 8.12. The summed E-state index contributed by atoms with van der Waals surface area (Å²) in [5.74, 6) is 1.47. The molecule has 0 radical (unpaired) electrons. The van der Waals surface area contributed by atoms with Crippen LogP contribution in [0.3, 0.4) is 0 Å². The number of ether oxygens (including phenoxy) is 1. The number of nitrogens with zero attached hydrogens (tertiary/aromatic N) is 1. The minimum Gasteiger partial charge on any atom is -0.497 e. The van der Waals surface area contributed by atoms with Crippen molar-refractivity contribution < 1.29 is 9.53 Å². The monoisotopic (exact) mass is 378 g/mol. The third-order valence-electron chi connectivity index (χ3n) is 6.09. The topological polar surface area (TPSA) is 41.6 Å². The molecule has 1 N–H and O–H groups in total. The zero-order valence-corrected chi connectivity index (χ0v) is 16.6. The summed E-state index contributed by atoms with van der Waals surface area (Å²) in [6, 6.07) is 19.7. The fourth-order valence-electron chi connectivity index (χ4n) is 4.23. The summed E-state index contributed by atoms with van der Waals surface area (Å²) >= 11 is 0. The highest BCUT2D eigenvalue weighted by Gasteiger charge is 2.32. The van der Waals surface area contributed by atoms with E-state index in [1.54, 1.807) is 7.11 Å². The van der Waals surface area contributed by atoms with Crippen molar-refractivity contribution in [2.45, 2.75) is 63.1 Å². The van der Waals surface area contributed by atoms with Crippen LogP contribution < -0.4 is 10.1 Å². The highest BCUT2D eigenvalue weighted by Crippen LogP contribution is 2.35. The predicted octanol–water partition coefficient (Wildman–Crippen LogP) is 5.10. The van der Waals surface area contributed by atoms with Gasteiger partial charge in [-0.1, -0.05) is 42.5 Å². The molecule has 2 aliphatic rings. The molecule has 28 heavy (non-hydrogen) atoms. The summed E-state index contributed by atoms with van der Waals surface area (Å²) in [5, 5.41) is 3.20. The maximum absolute atomic E-state index is 13.0. The number of rotatable bonds is 6. The molecule has 148 valence electrons. The molecule has 2 fully saturated rings. The highest BCUT2D eigenvalue weighted by molar-refractivity contribution is 5.75. The van der Waals surface area contributed by atoms with Crippen LogP contribution in [0.4, 0.5) is 4.79 Å². The largest absolute Gasteiger partial charge is 0.497 e. The number of hydrogen-bond acceptors (Lipinski definition) is 2. The minimum absolute atomic E-state index is 0.0986. The Kier molecular flexibility index (Phi) is 5.84. The molecule has 0 unspecified atom stereocenters. The summed E-state index contributed by atoms with van der Waals surface area (Å²) in [6.45, 7) is 0.656. The number of carbonyl (C=O) groups is 1. The van der Waals surface area contributed by atoms with E-state index in [1.807, 2.05) is 12.1 Å². The Morgan fingerprint density at radius 1 is 0.964 bits per heavy atom. The van der Waals surface area contributed by atoms with E-state index in [1.165, 1.54) is 5.56 Å². The van der Waals surface area contributed by atoms with Crippen LogP contribution in [0.25, 0.3) is 0 Å². The molecule has 2 aliphatic carbocycles. The Bertz CT molecular complexity index is 763. The number of nitrogens with one attached hydrogen (secondary N) is 1. The maximum Gasteiger partial charge on any atom is 0.318 e. The van der Waals surface area contributed by atoms with E-state index < -0.39 is 0 Å². The fourth-order valence-corrected chi connectivity index (χ4v) is 4.23. The Labute approximate surface area is 167 Å². The number of benzene rings is 2. The van der Waals surface area contributed by atoms with Crippen molar-refractivity contribution in [3.8, 4) is 5.75 Å². The van der Waals surface area contributed by atoms with Crippen LogP contribution in [0.2, 0.25) is 0 Å². The van der Waals surface area contributed by atoms with Crippen molar-refractivity contribution in [2.75, 3.05) is 7.11 Å². The first kappa shape index (κ1) is 18.9. The van der Waals surface area contributed by atoms with Gasteiger partial charge in [-0.25, -0.2) is 4.79 Å². The quantitative estimate of drug-likeness (QED) is 0.760. The van der Waals surface area contributed by atoms with Crippen LogP contribution in [0.15, 0.2) is 54.6 Å². The normalized spacial score (nSPS) is 21.8. The van der Waals surface area contributed by atoms with E-state index in [4.69, 9.17) is 4.74 Å². The molecule has 4 nitrogen and oxygen atoms in total. The van der Waals surface area contributed by atoms with Crippen LogP contribution in [-0.2, 0) is 6.54 Å². The fraction of sp³-hybridized carbons (Fsp3) is 0.458. The van der Waals surface area contributed by atoms with Crippen molar-refractivity contribution in [3.05, 3.63) is 65.7 Å². The third-order valence-corrected chi connectivity index (χ3v) is 6.09. The van der Waals surface area contributed by atoms with Gasteiger partial charge in [-0.3, -0.25) is 0 Å². The van der Waals surface area contributed by atoms with Crippen LogP contribution >= 0.6 is 0 Å². The second kappa shape index (κ2) is 8.68. The molecule has 0 heterocycles. The number of hydrogen-bond donors (Lipinski definition) is 1. The van der Waals surface area contributed by atoms with Crippen LogP contribution in [0, 0.1) is 0 Å². The first-order valence-corrected chi connectivity index (χ1v) is 10.5. The molecule has 0 bridgehead atoms. The van der Waals surface area contributed by atoms with Crippen molar-refractivity contribution >= 4 is 6.03 Å². The van der Waals surface area contributed by atoms with Gasteiger partial charge < -0.3 is 15.0 Å². The van der Waals surface area contributed by atoms with Gasteiger partial charge in [0.25, 0.3) is 0 Å². The molecule has 0 saturated heterocycles. The molecular weight excluding hydrogens is 348 g/mol. The molecular formula is C24H30N2O2. The summed E-state index contributed by atoms with van der Waals surface area (Å²) in [4.78, 5) is 15.0. The van der Waals surface area contributed by atoms with Gasteiger partial charge in [0.05, 0.1) is 7.11 Å². The molecule has 0 atom stereocenters. The number of carbonyl (C=O) groups excluding carboxylic acids is 1. The number of urea groups is 1. The molecule has 0 aromatic heterocycles. The van der Waals surface area contributed by atoms with Crippen molar-refractivity contribution in [3.63, 3.8) is 0 Å². The Morgan fingerprint density at radius 3 is 2.25 bits per heavy atom. The zero-order valence-electron chi connectivity index (χ0n) is 16.6. The molecule has 2 amide bonds. The Balaban J connectivity index is 1.43. The van der Waals surface area contributed by atoms with Gasteiger partial charge in [-0.15, -0.1) is 0 Å². The standard InChI is InChI=1S/C24H30N2O2/c1-28-23-15-7-18(8-16-23)17-26(24(27)25-21-11-12-21)22-13-9-20(10-14-22)19-5-3-2-4-6-19/h2-8,15-16,20-22H,9-14,17H2,1H3,(H,25,27)/t20-,22-. The zero-order chi connectivity index (χ0) is 19.3. The predicted molar refractivity (Wildman–Crippen MR) is 112 cm³/mol. The van der Waals surface area contributed by atoms with Crippen LogP contribution in [-0.4, -0.2) is 30.1 Å². The van der Waals surface area contributed by atoms with Crippen LogP contribution in [0.1, 0.15) is 55.6 Å². The molecule has 2 saturated carbocycles. The third kappa shape index (κ3) is 4.67. The van der Waals surface area contributed by atoms with Gasteiger partial charge in [0.2, 0.25) is 0 Å². The number of amides is 2. The van der Waals surface area contributed by atoms with E-state index in [0.29, 0.717) is 24.5 Å². The van der Waals surface area contributed by atoms with Gasteiger partial charge in [0, 0.05) is 18.6 Å². The number of methoxy groups -OCH3 is 1. The molecule has 0 spiro atoms. The van der Waals surface area contributed by atoms with Crippen molar-refractivity contribution in [1.29, 1.82) is 0 Å². The average molecular weight is 379 g/mol. The van der Waals surface area contributed by atoms with Gasteiger partial charge >= 0.3 is 6.03 Å². The van der Waals surface area contributed by atoms with E-state index in [-0.39, 0.29) is 6.03 Å². The van der Waals surface area contributed by atoms with Crippen molar-refractivity contribution in [1.82, 2.24) is 10.2 Å². The lowest BCUT2D eigenvalue weighted by Crippen LogP contribution is -2.47. The summed E-state index contributed by atoms with van der Waals surface area (Å²) < 4.78 is 5.26. The first-order valence-electron chi connectivity index (χ1n) is 10.5. The van der Waals surface area contributed by atoms with Gasteiger partial charge in [0.15, 0.2) is 0 Å². The molecule has 4 rings (SSSR count). The van der Waals surface area contributed by atoms with Crippen molar-refractivity contribution in [2.24, 2.45) is 0 Å². The minimum atomic E-state index is 0.0986. The maximum atomic E-state index is 13.0. The summed E-state index contributed by atoms with van der Waals surface area (Å²) in [5.41, 5.74) is 2.59. The Morgan fingerprint density at radius 2 is 1.64 bits per heavy atom. The molecule has 2 aromatic rings. The second-order valence-corrected chi connectivity index (χ2v) is 8.12. The SMILES string of the molecule is COc1ccc(CN(C(=O)NC2CC2)[C@H]2CC[C@H](c3ccccc3)CC2)cc1. The lowest BCUT2D eigenvalue weighted by Gasteiger charge is -2.37. The smallest absolute Gasteiger partial charge is 0.318 e. The molecule has 2 aromatic carbocycles. The Hall–Kier alpha value is -2.49. The van der Waals surface area contributed by atoms with E-state index >= 15 is 0 Å². The lowest BCUT2D eigenvalue weighted by atomic mass is 9.81. The lowest BCUT2D eigenvalue weighted by molar-refractivity contribution is 0.146. The van der Waals surface area contributed by atoms with Gasteiger partial charge in [0.1, 0.15) is 5.75 Å². The summed E-state index contributed by atoms with van der Waals surface area (Å²) in [6.07, 6.45) is 6.64. The van der Waals surface area contributed by atoms with E-state index in [9.17, 15) is 4.79 Å². The molecule has 0 aliphatic heterocycles. The first-order chi connectivity index (χ1) is 13.7. The van der Waals surface area contributed by atoms with E-state index in [0.717, 1.165) is 49.8 Å². The molecule has 4 heteroatoms. The van der Waals surface area contributed by atoms with Gasteiger partial charge in [-0.05, 0) is 67.7 Å². The van der Waals surface area contributed by atoms with Gasteiger partial charge in [-0.2, -0.15) is 0 Å². The average Bonchev–Trinajstić information content (AvgIpc) is 3.57. The van der Waals surface area contributed by atoms with Crippen LogP contribution in [0.5, 0.6) is 5.75 Å². The highest BCUT2D eigenvalue weighted by atomic mass is 16.5. The summed E-state index contributed by atoms with van der Waals surface area (Å²) in [7, 11) is 1.68. The van der Waals surface area contributed by atoms with E-state index in [2.05, 4.69) is 52.7 Å².